The summed E-state index contributed by atoms with van der Waals surface area (Å²) in [5.41, 5.74) is 18.4. The Morgan fingerprint density at radius 2 is 1.20 bits per heavy atom. The Hall–Kier alpha value is -3.74. The van der Waals surface area contributed by atoms with Crippen molar-refractivity contribution >= 4 is 14.0 Å². The van der Waals surface area contributed by atoms with Gasteiger partial charge >= 0.3 is 93.2 Å². The van der Waals surface area contributed by atoms with Crippen LogP contribution in [0.4, 0.5) is 0 Å². The first-order chi connectivity index (χ1) is 28.1. The molecule has 61 heavy (non-hydrogen) atoms. The van der Waals surface area contributed by atoms with E-state index in [0.717, 1.165) is 6.42 Å². The van der Waals surface area contributed by atoms with Gasteiger partial charge in [0.1, 0.15) is 0 Å². The number of halogens is 2. The quantitative estimate of drug-likeness (QED) is 0.154. The van der Waals surface area contributed by atoms with Crippen LogP contribution in [0.15, 0.2) is 140 Å². The maximum absolute atomic E-state index is 3.88. The van der Waals surface area contributed by atoms with Gasteiger partial charge in [-0.15, -0.1) is 28.8 Å². The molecule has 9 rings (SSSR count). The van der Waals surface area contributed by atoms with Crippen molar-refractivity contribution in [3.8, 4) is 33.4 Å². The van der Waals surface area contributed by atoms with Crippen LogP contribution in [0.2, 0.25) is 0 Å². The predicted octanol–water partition coefficient (Wildman–Crippen LogP) is 9.86. The van der Waals surface area contributed by atoms with Gasteiger partial charge in [0.25, 0.3) is 0 Å². The minimum absolute atomic E-state index is 0. The monoisotopic (exact) mass is 918 g/mol. The summed E-state index contributed by atoms with van der Waals surface area (Å²) >= 11 is 1.50. The SMILES string of the molecule is CC(C)(C)c1cc2c([c-]c1-c1ccccc1)Cc1cc(-c3ccccc3)c(C(C)(C)C)cc1-2.C[C](=[Zr+2])c1ccc2ccccc2c1.Cc1cc(C2(C)CCCCC2)c[cH-]1.[Cl-].[Cl-]. The first-order valence-corrected chi connectivity index (χ1v) is 23.0. The average molecular weight is 921 g/mol. The smallest absolute Gasteiger partial charge is 0.0533 e. The van der Waals surface area contributed by atoms with Gasteiger partial charge in [-0.05, 0) is 39.5 Å². The summed E-state index contributed by atoms with van der Waals surface area (Å²) < 4.78 is 1.46. The Morgan fingerprint density at radius 3 is 1.77 bits per heavy atom. The zero-order valence-corrected chi connectivity index (χ0v) is 41.7. The van der Waals surface area contributed by atoms with E-state index in [-0.39, 0.29) is 35.6 Å². The second kappa shape index (κ2) is 20.2. The summed E-state index contributed by atoms with van der Waals surface area (Å²) in [5.74, 6) is 0. The van der Waals surface area contributed by atoms with Gasteiger partial charge in [0.15, 0.2) is 0 Å². The summed E-state index contributed by atoms with van der Waals surface area (Å²) in [6.45, 7) is 20.7. The van der Waals surface area contributed by atoms with E-state index in [1.165, 1.54) is 137 Å². The minimum Gasteiger partial charge on any atom is -1.00 e. The molecule has 0 unspecified atom stereocenters. The van der Waals surface area contributed by atoms with E-state index in [0.29, 0.717) is 5.41 Å². The molecule has 0 atom stereocenters. The fraction of sp³-hybridized carbons (Fsp3) is 0.310. The van der Waals surface area contributed by atoms with Crippen LogP contribution in [0.1, 0.15) is 126 Å². The number of hydrogen-bond donors (Lipinski definition) is 0. The fourth-order valence-electron chi connectivity index (χ4n) is 9.08. The van der Waals surface area contributed by atoms with Gasteiger partial charge in [-0.1, -0.05) is 182 Å². The third kappa shape index (κ3) is 11.3. The average Bonchev–Trinajstić information content (AvgIpc) is 3.83. The van der Waals surface area contributed by atoms with Crippen molar-refractivity contribution in [1.29, 1.82) is 0 Å². The summed E-state index contributed by atoms with van der Waals surface area (Å²) in [5, 5.41) is 2.66. The molecule has 0 spiro atoms. The Balaban J connectivity index is 0.000000206. The third-order valence-electron chi connectivity index (χ3n) is 12.6. The molecule has 1 fully saturated rings. The first-order valence-electron chi connectivity index (χ1n) is 21.8. The van der Waals surface area contributed by atoms with Crippen molar-refractivity contribution in [2.75, 3.05) is 0 Å². The van der Waals surface area contributed by atoms with Gasteiger partial charge in [-0.2, -0.15) is 23.3 Å². The van der Waals surface area contributed by atoms with E-state index in [1.54, 1.807) is 5.56 Å². The minimum atomic E-state index is 0. The van der Waals surface area contributed by atoms with Gasteiger partial charge in [-0.3, -0.25) is 0 Å². The Kier molecular flexibility index (Phi) is 16.0. The molecule has 0 N–H and O–H groups in total. The molecule has 0 heterocycles. The normalized spacial score (nSPS) is 13.9. The molecule has 0 radical (unpaired) electrons. The van der Waals surface area contributed by atoms with Gasteiger partial charge in [0.2, 0.25) is 0 Å². The van der Waals surface area contributed by atoms with Gasteiger partial charge in [0.05, 0.1) is 0 Å². The molecule has 0 aromatic heterocycles. The molecule has 2 aliphatic rings. The molecule has 7 aromatic rings. The van der Waals surface area contributed by atoms with Crippen LogP contribution in [0.25, 0.3) is 44.2 Å². The van der Waals surface area contributed by atoms with Crippen molar-refractivity contribution in [3.63, 3.8) is 0 Å². The largest absolute Gasteiger partial charge is 1.00 e. The predicted molar refractivity (Wildman–Crippen MR) is 253 cm³/mol. The number of aryl methyl sites for hydroxylation is 1. The van der Waals surface area contributed by atoms with Crippen LogP contribution >= 0.6 is 0 Å². The Labute approximate surface area is 395 Å². The molecule has 7 aromatic carbocycles. The molecular formula is C58H62Cl2Zr-2. The molecule has 0 saturated heterocycles. The van der Waals surface area contributed by atoms with Crippen LogP contribution in [-0.4, -0.2) is 3.21 Å². The van der Waals surface area contributed by atoms with E-state index < -0.39 is 0 Å². The van der Waals surface area contributed by atoms with Crippen molar-refractivity contribution in [2.24, 2.45) is 0 Å². The molecule has 1 saturated carbocycles. The van der Waals surface area contributed by atoms with Crippen molar-refractivity contribution in [3.05, 3.63) is 185 Å². The van der Waals surface area contributed by atoms with E-state index >= 15 is 0 Å². The Bertz CT molecular complexity index is 2450. The Morgan fingerprint density at radius 1 is 0.623 bits per heavy atom. The zero-order valence-electron chi connectivity index (χ0n) is 37.8. The maximum Gasteiger partial charge on any atom is -0.0533 e. The summed E-state index contributed by atoms with van der Waals surface area (Å²) in [6.07, 6.45) is 7.99. The second-order valence-electron chi connectivity index (χ2n) is 19.4. The molecular weight excluding hydrogens is 859 g/mol. The van der Waals surface area contributed by atoms with Crippen molar-refractivity contribution < 1.29 is 49.0 Å². The van der Waals surface area contributed by atoms with Crippen molar-refractivity contribution in [1.82, 2.24) is 0 Å². The standard InChI is InChI=1S/C33H33.C13H19.C12H10.2ClH.Zr/c1-32(2,3)30-20-26-24(18-28(30)22-13-9-7-10-14-22)17-25-19-29(23-15-11-8-12-16-23)31(21-27(25)26)33(4,5)6;1-11-6-7-12(10-11)13(2)8-4-3-5-9-13;1-2-10-7-8-11-5-3-4-6-12(11)9-10;;;/h7-16,18,20-21H,17H2,1-6H3;6-7,10H,3-5,8-9H2,1-2H3;3-9H,1H3;2*1H;/q2*-1;;;;+2/p-2. The van der Waals surface area contributed by atoms with Crippen LogP contribution in [0.3, 0.4) is 0 Å². The van der Waals surface area contributed by atoms with E-state index in [2.05, 4.69) is 208 Å². The number of fused-ring (bicyclic) bond motifs is 4. The number of benzene rings is 6. The van der Waals surface area contributed by atoms with Gasteiger partial charge in [-0.25, -0.2) is 6.07 Å². The summed E-state index contributed by atoms with van der Waals surface area (Å²) in [4.78, 5) is 0. The van der Waals surface area contributed by atoms with Crippen LogP contribution in [0.5, 0.6) is 0 Å². The van der Waals surface area contributed by atoms with E-state index in [1.807, 2.05) is 0 Å². The van der Waals surface area contributed by atoms with E-state index in [4.69, 9.17) is 0 Å². The van der Waals surface area contributed by atoms with Gasteiger partial charge in [0, 0.05) is 0 Å². The fourth-order valence-corrected chi connectivity index (χ4v) is 9.47. The second-order valence-corrected chi connectivity index (χ2v) is 21.2. The molecule has 0 aliphatic heterocycles. The van der Waals surface area contributed by atoms with Gasteiger partial charge < -0.3 is 24.8 Å². The number of rotatable bonds is 4. The third-order valence-corrected chi connectivity index (χ3v) is 13.3. The molecule has 2 aliphatic carbocycles. The molecule has 3 heteroatoms. The molecule has 0 nitrogen and oxygen atoms in total. The zero-order chi connectivity index (χ0) is 42.0. The topological polar surface area (TPSA) is 0 Å². The molecule has 0 bridgehead atoms. The number of hydrogen-bond acceptors (Lipinski definition) is 0. The molecule has 0 amide bonds. The summed E-state index contributed by atoms with van der Waals surface area (Å²) in [6, 6.07) is 54.9. The maximum atomic E-state index is 3.88. The van der Waals surface area contributed by atoms with Crippen molar-refractivity contribution in [2.45, 2.75) is 117 Å². The van der Waals surface area contributed by atoms with Crippen LogP contribution < -0.4 is 24.8 Å². The molecule has 314 valence electrons. The first kappa shape index (κ1) is 48.3. The van der Waals surface area contributed by atoms with E-state index in [9.17, 15) is 0 Å². The summed E-state index contributed by atoms with van der Waals surface area (Å²) in [7, 11) is 0. The van der Waals surface area contributed by atoms with Crippen LogP contribution in [0, 0.1) is 13.0 Å². The van der Waals surface area contributed by atoms with Crippen LogP contribution in [-0.2, 0) is 46.9 Å².